The lowest BCUT2D eigenvalue weighted by molar-refractivity contribution is -0.113. The molecule has 0 spiro atoms. The maximum absolute atomic E-state index is 12.8. The number of nitrogens with zero attached hydrogens (tertiary/aromatic N) is 3. The zero-order valence-electron chi connectivity index (χ0n) is 21.7. The van der Waals surface area contributed by atoms with Gasteiger partial charge in [-0.25, -0.2) is 4.79 Å². The number of nitrogens with one attached hydrogen (secondary N) is 1. The fourth-order valence-corrected chi connectivity index (χ4v) is 5.47. The van der Waals surface area contributed by atoms with Crippen LogP contribution in [0, 0.1) is 6.92 Å². The fourth-order valence-electron chi connectivity index (χ4n) is 3.78. The maximum Gasteiger partial charge on any atom is 0.341 e. The van der Waals surface area contributed by atoms with Crippen LogP contribution in [-0.2, 0) is 16.6 Å². The van der Waals surface area contributed by atoms with Crippen LogP contribution in [0.3, 0.4) is 0 Å². The zero-order chi connectivity index (χ0) is 27.2. The zero-order valence-corrected chi connectivity index (χ0v) is 23.3. The predicted octanol–water partition coefficient (Wildman–Crippen LogP) is 5.52. The molecule has 0 saturated carbocycles. The quantitative estimate of drug-likeness (QED) is 0.203. The van der Waals surface area contributed by atoms with Crippen molar-refractivity contribution in [2.45, 2.75) is 25.1 Å². The minimum Gasteiger partial charge on any atom is -0.497 e. The number of hydrogen-bond acceptors (Lipinski definition) is 9. The molecular weight excluding hydrogens is 524 g/mol. The number of hydrogen-bond donors (Lipinski definition) is 1. The van der Waals surface area contributed by atoms with Crippen LogP contribution in [0.15, 0.2) is 59.1 Å². The number of aromatic nitrogens is 3. The van der Waals surface area contributed by atoms with Gasteiger partial charge in [0, 0.05) is 18.0 Å². The normalized spacial score (nSPS) is 11.6. The number of ether oxygens (including phenoxy) is 3. The van der Waals surface area contributed by atoms with Gasteiger partial charge < -0.3 is 24.1 Å². The molecule has 0 aliphatic heterocycles. The average Bonchev–Trinajstić information content (AvgIpc) is 3.50. The Kier molecular flexibility index (Phi) is 8.70. The van der Waals surface area contributed by atoms with Crippen molar-refractivity contribution in [3.05, 3.63) is 70.9 Å². The van der Waals surface area contributed by atoms with Gasteiger partial charge in [0.2, 0.25) is 5.91 Å². The summed E-state index contributed by atoms with van der Waals surface area (Å²) in [4.78, 5) is 25.4. The number of amides is 1. The molecule has 9 nitrogen and oxygen atoms in total. The first kappa shape index (κ1) is 27.2. The predicted molar refractivity (Wildman–Crippen MR) is 148 cm³/mol. The van der Waals surface area contributed by atoms with Crippen LogP contribution in [-0.4, -0.2) is 46.6 Å². The summed E-state index contributed by atoms with van der Waals surface area (Å²) in [6.45, 7) is 3.91. The second-order valence-corrected chi connectivity index (χ2v) is 10.2. The largest absolute Gasteiger partial charge is 0.497 e. The second kappa shape index (κ2) is 12.1. The standard InChI is InChI=1S/C27H28N4O5S2/c1-16-7-6-8-20(13-16)36-17(2)24-29-30-27(31(24)3)38-15-22(32)28-25-23(26(33)35-5)21(14-37-25)18-9-11-19(34-4)12-10-18/h6-14,17H,15H2,1-5H3,(H,28,32). The van der Waals surface area contributed by atoms with Gasteiger partial charge in [0.1, 0.15) is 22.1 Å². The number of benzene rings is 2. The topological polar surface area (TPSA) is 105 Å². The molecule has 2 aromatic heterocycles. The molecule has 38 heavy (non-hydrogen) atoms. The Hall–Kier alpha value is -3.83. The molecule has 1 unspecified atom stereocenters. The summed E-state index contributed by atoms with van der Waals surface area (Å²) in [5.74, 6) is 1.37. The van der Waals surface area contributed by atoms with Gasteiger partial charge in [-0.3, -0.25) is 4.79 Å². The summed E-state index contributed by atoms with van der Waals surface area (Å²) in [5.41, 5.74) is 2.90. The lowest BCUT2D eigenvalue weighted by atomic mass is 10.0. The molecule has 1 atom stereocenters. The molecular formula is C27H28N4O5S2. The van der Waals surface area contributed by atoms with Crippen LogP contribution in [0.25, 0.3) is 11.1 Å². The first-order valence-electron chi connectivity index (χ1n) is 11.7. The van der Waals surface area contributed by atoms with E-state index in [0.717, 1.165) is 16.9 Å². The molecule has 11 heteroatoms. The van der Waals surface area contributed by atoms with E-state index < -0.39 is 5.97 Å². The van der Waals surface area contributed by atoms with Crippen LogP contribution in [0.5, 0.6) is 11.5 Å². The van der Waals surface area contributed by atoms with E-state index in [2.05, 4.69) is 15.5 Å². The summed E-state index contributed by atoms with van der Waals surface area (Å²) in [6.07, 6.45) is -0.331. The summed E-state index contributed by atoms with van der Waals surface area (Å²) in [5, 5.41) is 14.2. The van der Waals surface area contributed by atoms with Crippen LogP contribution in [0.1, 0.15) is 34.8 Å². The number of rotatable bonds is 10. The highest BCUT2D eigenvalue weighted by Gasteiger charge is 2.23. The Morgan fingerprint density at radius 1 is 1.11 bits per heavy atom. The molecule has 0 fully saturated rings. The van der Waals surface area contributed by atoms with E-state index in [1.807, 2.05) is 79.4 Å². The third-order valence-electron chi connectivity index (χ3n) is 5.70. The first-order chi connectivity index (χ1) is 18.3. The van der Waals surface area contributed by atoms with Gasteiger partial charge in [-0.15, -0.1) is 21.5 Å². The number of aryl methyl sites for hydroxylation is 1. The second-order valence-electron chi connectivity index (χ2n) is 8.39. The van der Waals surface area contributed by atoms with Gasteiger partial charge in [0.05, 0.1) is 20.0 Å². The minimum absolute atomic E-state index is 0.0788. The Labute approximate surface area is 229 Å². The molecule has 0 radical (unpaired) electrons. The van der Waals surface area contributed by atoms with Crippen molar-refractivity contribution in [2.24, 2.45) is 7.05 Å². The average molecular weight is 553 g/mol. The van der Waals surface area contributed by atoms with Gasteiger partial charge in [-0.1, -0.05) is 36.0 Å². The molecule has 4 aromatic rings. The van der Waals surface area contributed by atoms with E-state index in [9.17, 15) is 9.59 Å². The lowest BCUT2D eigenvalue weighted by Gasteiger charge is -2.14. The van der Waals surface area contributed by atoms with E-state index >= 15 is 0 Å². The Balaban J connectivity index is 1.43. The molecule has 4 rings (SSSR count). The van der Waals surface area contributed by atoms with E-state index in [1.54, 1.807) is 7.11 Å². The minimum atomic E-state index is -0.527. The highest BCUT2D eigenvalue weighted by molar-refractivity contribution is 7.99. The van der Waals surface area contributed by atoms with Crippen LogP contribution in [0.4, 0.5) is 5.00 Å². The van der Waals surface area contributed by atoms with Gasteiger partial charge >= 0.3 is 5.97 Å². The molecule has 198 valence electrons. The number of esters is 1. The lowest BCUT2D eigenvalue weighted by Crippen LogP contribution is -2.16. The number of carbonyl (C=O) groups is 2. The molecule has 2 aromatic carbocycles. The Morgan fingerprint density at radius 2 is 1.87 bits per heavy atom. The Bertz CT molecular complexity index is 1430. The monoisotopic (exact) mass is 552 g/mol. The SMILES string of the molecule is COC(=O)c1c(-c2ccc(OC)cc2)csc1NC(=O)CSc1nnc(C(C)Oc2cccc(C)c2)n1C. The molecule has 0 saturated heterocycles. The molecule has 0 bridgehead atoms. The summed E-state index contributed by atoms with van der Waals surface area (Å²) >= 11 is 2.51. The van der Waals surface area contributed by atoms with E-state index in [-0.39, 0.29) is 17.8 Å². The number of thiophene rings is 1. The van der Waals surface area contributed by atoms with Gasteiger partial charge in [-0.05, 0) is 49.2 Å². The Morgan fingerprint density at radius 3 is 2.55 bits per heavy atom. The van der Waals surface area contributed by atoms with Crippen molar-refractivity contribution in [1.29, 1.82) is 0 Å². The summed E-state index contributed by atoms with van der Waals surface area (Å²) < 4.78 is 18.0. The van der Waals surface area contributed by atoms with Gasteiger partial charge in [0.25, 0.3) is 0 Å². The number of anilines is 1. The van der Waals surface area contributed by atoms with E-state index in [0.29, 0.717) is 32.9 Å². The van der Waals surface area contributed by atoms with E-state index in [4.69, 9.17) is 14.2 Å². The van der Waals surface area contributed by atoms with Crippen molar-refractivity contribution in [1.82, 2.24) is 14.8 Å². The van der Waals surface area contributed by atoms with Crippen molar-refractivity contribution in [3.63, 3.8) is 0 Å². The molecule has 2 heterocycles. The van der Waals surface area contributed by atoms with Crippen molar-refractivity contribution in [2.75, 3.05) is 25.3 Å². The van der Waals surface area contributed by atoms with Gasteiger partial charge in [0.15, 0.2) is 17.1 Å². The van der Waals surface area contributed by atoms with Crippen molar-refractivity contribution >= 4 is 40.0 Å². The summed E-state index contributed by atoms with van der Waals surface area (Å²) in [6, 6.07) is 15.1. The van der Waals surface area contributed by atoms with Crippen LogP contribution >= 0.6 is 23.1 Å². The third kappa shape index (κ3) is 6.17. The highest BCUT2D eigenvalue weighted by atomic mass is 32.2. The molecule has 1 amide bonds. The van der Waals surface area contributed by atoms with Crippen molar-refractivity contribution in [3.8, 4) is 22.6 Å². The molecule has 0 aliphatic rings. The fraction of sp³-hybridized carbons (Fsp3) is 0.259. The number of methoxy groups -OCH3 is 2. The molecule has 1 N–H and O–H groups in total. The number of carbonyl (C=O) groups excluding carboxylic acids is 2. The third-order valence-corrected chi connectivity index (χ3v) is 7.62. The summed E-state index contributed by atoms with van der Waals surface area (Å²) in [7, 11) is 4.74. The van der Waals surface area contributed by atoms with E-state index in [1.165, 1.54) is 30.2 Å². The van der Waals surface area contributed by atoms with Crippen LogP contribution < -0.4 is 14.8 Å². The maximum atomic E-state index is 12.8. The van der Waals surface area contributed by atoms with Crippen molar-refractivity contribution < 1.29 is 23.8 Å². The first-order valence-corrected chi connectivity index (χ1v) is 13.6. The molecule has 0 aliphatic carbocycles. The van der Waals surface area contributed by atoms with Gasteiger partial charge in [-0.2, -0.15) is 0 Å². The van der Waals surface area contributed by atoms with Crippen LogP contribution in [0.2, 0.25) is 0 Å². The smallest absolute Gasteiger partial charge is 0.341 e. The number of thioether (sulfide) groups is 1. The highest BCUT2D eigenvalue weighted by Crippen LogP contribution is 2.37.